The van der Waals surface area contributed by atoms with Crippen LogP contribution in [0.15, 0.2) is 54.6 Å². The van der Waals surface area contributed by atoms with Gasteiger partial charge in [-0.3, -0.25) is 4.90 Å². The van der Waals surface area contributed by atoms with Crippen molar-refractivity contribution in [2.45, 2.75) is 37.5 Å². The molecular weight excluding hydrogens is 334 g/mol. The number of hydrogen-bond acceptors (Lipinski definition) is 6. The molecule has 26 heavy (non-hydrogen) atoms. The van der Waals surface area contributed by atoms with E-state index < -0.39 is 24.4 Å². The van der Waals surface area contributed by atoms with Gasteiger partial charge in [0.05, 0.1) is 18.8 Å². The highest BCUT2D eigenvalue weighted by atomic mass is 16.5. The fourth-order valence-electron chi connectivity index (χ4n) is 3.23. The predicted octanol–water partition coefficient (Wildman–Crippen LogP) is 0.525. The van der Waals surface area contributed by atoms with Crippen molar-refractivity contribution in [1.82, 2.24) is 4.90 Å². The first-order chi connectivity index (χ1) is 12.6. The Morgan fingerprint density at radius 3 is 2.23 bits per heavy atom. The van der Waals surface area contributed by atoms with Crippen molar-refractivity contribution in [3.63, 3.8) is 0 Å². The zero-order valence-electron chi connectivity index (χ0n) is 14.5. The number of piperidine rings is 1. The van der Waals surface area contributed by atoms with E-state index >= 15 is 0 Å². The number of aliphatic hydroxyl groups is 4. The molecule has 0 saturated carbocycles. The topological polar surface area (TPSA) is 93.4 Å². The van der Waals surface area contributed by atoms with Crippen molar-refractivity contribution in [2.75, 3.05) is 13.2 Å². The largest absolute Gasteiger partial charge is 0.489 e. The summed E-state index contributed by atoms with van der Waals surface area (Å²) in [5.41, 5.74) is 2.06. The Kier molecular flexibility index (Phi) is 6.24. The van der Waals surface area contributed by atoms with Crippen molar-refractivity contribution in [3.05, 3.63) is 65.7 Å². The van der Waals surface area contributed by atoms with Gasteiger partial charge in [-0.15, -0.1) is 0 Å². The third kappa shape index (κ3) is 4.41. The normalized spacial score (nSPS) is 26.6. The molecule has 1 heterocycles. The Morgan fingerprint density at radius 2 is 1.58 bits per heavy atom. The second kappa shape index (κ2) is 8.62. The zero-order valence-corrected chi connectivity index (χ0v) is 14.5. The lowest BCUT2D eigenvalue weighted by Gasteiger charge is -2.43. The van der Waals surface area contributed by atoms with Crippen LogP contribution in [0.3, 0.4) is 0 Å². The Balaban J connectivity index is 1.59. The number of aliphatic hydroxyl groups excluding tert-OH is 4. The van der Waals surface area contributed by atoms with Crippen molar-refractivity contribution in [2.24, 2.45) is 0 Å². The predicted molar refractivity (Wildman–Crippen MR) is 96.5 cm³/mol. The van der Waals surface area contributed by atoms with E-state index in [0.29, 0.717) is 13.2 Å². The summed E-state index contributed by atoms with van der Waals surface area (Å²) >= 11 is 0. The molecule has 0 bridgehead atoms. The van der Waals surface area contributed by atoms with Gasteiger partial charge < -0.3 is 25.2 Å². The minimum absolute atomic E-state index is 0.190. The van der Waals surface area contributed by atoms with Gasteiger partial charge in [0.15, 0.2) is 0 Å². The summed E-state index contributed by atoms with van der Waals surface area (Å²) in [7, 11) is 0. The highest BCUT2D eigenvalue weighted by molar-refractivity contribution is 5.28. The second-order valence-corrected chi connectivity index (χ2v) is 6.65. The molecule has 1 fully saturated rings. The van der Waals surface area contributed by atoms with E-state index in [0.717, 1.165) is 16.9 Å². The van der Waals surface area contributed by atoms with E-state index in [9.17, 15) is 20.4 Å². The maximum atomic E-state index is 10.0. The van der Waals surface area contributed by atoms with E-state index in [1.165, 1.54) is 0 Å². The van der Waals surface area contributed by atoms with Gasteiger partial charge in [0, 0.05) is 13.1 Å². The summed E-state index contributed by atoms with van der Waals surface area (Å²) in [4.78, 5) is 1.78. The summed E-state index contributed by atoms with van der Waals surface area (Å²) in [6, 6.07) is 16.9. The number of β-amino-alcohol motifs (C(OH)–C–C–N with tert-alkyl or cyclic N) is 1. The van der Waals surface area contributed by atoms with Crippen LogP contribution in [-0.2, 0) is 13.2 Å². The standard InChI is InChI=1S/C20H25NO5/c22-12-17-19(24)20(25)18(23)11-21(17)10-14-6-8-16(9-7-14)26-13-15-4-2-1-3-5-15/h1-9,17-20,22-25H,10-13H2/t17-,18-,19-,20+/m0/s1. The first-order valence-electron chi connectivity index (χ1n) is 8.73. The number of nitrogens with zero attached hydrogens (tertiary/aromatic N) is 1. The highest BCUT2D eigenvalue weighted by Crippen LogP contribution is 2.22. The van der Waals surface area contributed by atoms with E-state index in [1.54, 1.807) is 4.90 Å². The number of rotatable bonds is 6. The van der Waals surface area contributed by atoms with Gasteiger partial charge in [-0.2, -0.15) is 0 Å². The lowest BCUT2D eigenvalue weighted by molar-refractivity contribution is -0.147. The first-order valence-corrected chi connectivity index (χ1v) is 8.73. The fourth-order valence-corrected chi connectivity index (χ4v) is 3.23. The van der Waals surface area contributed by atoms with Crippen molar-refractivity contribution >= 4 is 0 Å². The summed E-state index contributed by atoms with van der Waals surface area (Å²) in [5.74, 6) is 0.755. The quantitative estimate of drug-likeness (QED) is 0.601. The molecule has 0 radical (unpaired) electrons. The molecule has 3 rings (SSSR count). The molecule has 6 heteroatoms. The summed E-state index contributed by atoms with van der Waals surface area (Å²) in [6.07, 6.45) is -3.46. The van der Waals surface area contributed by atoms with Crippen LogP contribution >= 0.6 is 0 Å². The average Bonchev–Trinajstić information content (AvgIpc) is 2.67. The lowest BCUT2D eigenvalue weighted by atomic mass is 9.94. The van der Waals surface area contributed by atoms with Crippen LogP contribution < -0.4 is 4.74 Å². The van der Waals surface area contributed by atoms with Crippen molar-refractivity contribution in [3.8, 4) is 5.75 Å². The van der Waals surface area contributed by atoms with Gasteiger partial charge >= 0.3 is 0 Å². The molecule has 2 aromatic carbocycles. The van der Waals surface area contributed by atoms with Crippen LogP contribution in [0.25, 0.3) is 0 Å². The number of hydrogen-bond donors (Lipinski definition) is 4. The monoisotopic (exact) mass is 359 g/mol. The maximum absolute atomic E-state index is 10.0. The Morgan fingerprint density at radius 1 is 0.885 bits per heavy atom. The lowest BCUT2D eigenvalue weighted by Crippen LogP contribution is -2.62. The molecule has 1 saturated heterocycles. The van der Waals surface area contributed by atoms with Gasteiger partial charge in [-0.25, -0.2) is 0 Å². The summed E-state index contributed by atoms with van der Waals surface area (Å²) in [5, 5.41) is 39.2. The Hall–Kier alpha value is -1.96. The van der Waals surface area contributed by atoms with Gasteiger partial charge in [0.2, 0.25) is 0 Å². The SMILES string of the molecule is OC[C@H]1[C@H](O)[C@H](O)[C@@H](O)CN1Cc1ccc(OCc2ccccc2)cc1. The molecule has 4 atom stereocenters. The second-order valence-electron chi connectivity index (χ2n) is 6.65. The molecule has 140 valence electrons. The molecule has 1 aliphatic heterocycles. The first kappa shape index (κ1) is 18.8. The number of ether oxygens (including phenoxy) is 1. The third-order valence-corrected chi connectivity index (χ3v) is 4.77. The van der Waals surface area contributed by atoms with Crippen molar-refractivity contribution in [1.29, 1.82) is 0 Å². The average molecular weight is 359 g/mol. The van der Waals surface area contributed by atoms with E-state index in [2.05, 4.69) is 0 Å². The molecule has 0 aliphatic carbocycles. The smallest absolute Gasteiger partial charge is 0.119 e. The molecule has 1 aliphatic rings. The van der Waals surface area contributed by atoms with E-state index in [1.807, 2.05) is 54.6 Å². The van der Waals surface area contributed by atoms with Gasteiger partial charge in [-0.05, 0) is 23.3 Å². The minimum atomic E-state index is -1.24. The molecule has 0 unspecified atom stereocenters. The Labute approximate surface area is 152 Å². The van der Waals surface area contributed by atoms with Crippen LogP contribution in [0, 0.1) is 0 Å². The molecular formula is C20H25NO5. The maximum Gasteiger partial charge on any atom is 0.119 e. The fraction of sp³-hybridized carbons (Fsp3) is 0.400. The molecule has 6 nitrogen and oxygen atoms in total. The summed E-state index contributed by atoms with van der Waals surface area (Å²) < 4.78 is 5.76. The molecule has 4 N–H and O–H groups in total. The van der Waals surface area contributed by atoms with Crippen LogP contribution in [-0.4, -0.2) is 62.8 Å². The van der Waals surface area contributed by atoms with Gasteiger partial charge in [0.1, 0.15) is 24.6 Å². The van der Waals surface area contributed by atoms with Crippen LogP contribution in [0.5, 0.6) is 5.75 Å². The molecule has 2 aromatic rings. The molecule has 0 aromatic heterocycles. The molecule has 0 spiro atoms. The summed E-state index contributed by atoms with van der Waals surface area (Å²) in [6.45, 7) is 0.846. The van der Waals surface area contributed by atoms with Crippen LogP contribution in [0.2, 0.25) is 0 Å². The van der Waals surface area contributed by atoms with Crippen LogP contribution in [0.4, 0.5) is 0 Å². The van der Waals surface area contributed by atoms with E-state index in [-0.39, 0.29) is 13.2 Å². The van der Waals surface area contributed by atoms with Crippen LogP contribution in [0.1, 0.15) is 11.1 Å². The third-order valence-electron chi connectivity index (χ3n) is 4.77. The highest BCUT2D eigenvalue weighted by Gasteiger charge is 2.40. The minimum Gasteiger partial charge on any atom is -0.489 e. The Bertz CT molecular complexity index is 678. The molecule has 0 amide bonds. The van der Waals surface area contributed by atoms with Crippen molar-refractivity contribution < 1.29 is 25.2 Å². The van der Waals surface area contributed by atoms with Gasteiger partial charge in [0.25, 0.3) is 0 Å². The number of benzene rings is 2. The van der Waals surface area contributed by atoms with Gasteiger partial charge in [-0.1, -0.05) is 42.5 Å². The van der Waals surface area contributed by atoms with E-state index in [4.69, 9.17) is 4.74 Å². The zero-order chi connectivity index (χ0) is 18.5. The number of likely N-dealkylation sites (tertiary alicyclic amines) is 1.